The molecule has 2 aliphatic carbocycles. The number of hydrogen-bond donors (Lipinski definition) is 0. The molecule has 2 heteroatoms. The number of likely N-dealkylation sites (N-methyl/N-ethyl adjacent to an activating group) is 1. The Labute approximate surface area is 133 Å². The molecule has 1 saturated heterocycles. The van der Waals surface area contributed by atoms with E-state index in [4.69, 9.17) is 0 Å². The second-order valence-electron chi connectivity index (χ2n) is 7.17. The fourth-order valence-corrected chi connectivity index (χ4v) is 5.31. The largest absolute Gasteiger partial charge is 0.303 e. The van der Waals surface area contributed by atoms with Crippen molar-refractivity contribution in [2.24, 2.45) is 5.92 Å². The zero-order valence-electron chi connectivity index (χ0n) is 12.7. The Hall–Kier alpha value is -0.340. The quantitative estimate of drug-likeness (QED) is 0.684. The van der Waals surface area contributed by atoms with E-state index in [-0.39, 0.29) is 17.0 Å². The molecule has 3 atom stereocenters. The maximum absolute atomic E-state index is 2.65. The van der Waals surface area contributed by atoms with Crippen LogP contribution in [0.15, 0.2) is 18.2 Å². The lowest BCUT2D eigenvalue weighted by Crippen LogP contribution is -2.59. The monoisotopic (exact) mass is 335 g/mol. The smallest absolute Gasteiger partial charge is 0.0169 e. The van der Waals surface area contributed by atoms with Crippen LogP contribution in [-0.4, -0.2) is 24.5 Å². The highest BCUT2D eigenvalue weighted by Crippen LogP contribution is 2.55. The summed E-state index contributed by atoms with van der Waals surface area (Å²) in [5.41, 5.74) is 5.38. The van der Waals surface area contributed by atoms with Crippen LogP contribution in [0.25, 0.3) is 0 Å². The van der Waals surface area contributed by atoms with Gasteiger partial charge in [0.15, 0.2) is 0 Å². The van der Waals surface area contributed by atoms with Crippen molar-refractivity contribution in [3.63, 3.8) is 0 Å². The fourth-order valence-electron chi connectivity index (χ4n) is 5.31. The van der Waals surface area contributed by atoms with Crippen molar-refractivity contribution in [1.82, 2.24) is 4.90 Å². The molecule has 0 radical (unpaired) electrons. The van der Waals surface area contributed by atoms with Crippen LogP contribution in [-0.2, 0) is 11.8 Å². The highest BCUT2D eigenvalue weighted by Gasteiger charge is 2.52. The minimum Gasteiger partial charge on any atom is -0.303 e. The van der Waals surface area contributed by atoms with Crippen molar-refractivity contribution >= 4 is 17.0 Å². The predicted molar refractivity (Wildman–Crippen MR) is 89.9 cm³/mol. The summed E-state index contributed by atoms with van der Waals surface area (Å²) in [7, 11) is 2.35. The summed E-state index contributed by atoms with van der Waals surface area (Å²) < 4.78 is 0. The van der Waals surface area contributed by atoms with Gasteiger partial charge in [0.25, 0.3) is 0 Å². The second-order valence-corrected chi connectivity index (χ2v) is 7.17. The number of benzene rings is 1. The number of hydrogen-bond acceptors (Lipinski definition) is 1. The number of nitrogens with zero attached hydrogens (tertiary/aromatic N) is 1. The Morgan fingerprint density at radius 1 is 1.20 bits per heavy atom. The molecule has 1 nitrogen and oxygen atoms in total. The Balaban J connectivity index is 0.00000121. The maximum atomic E-state index is 2.65. The summed E-state index contributed by atoms with van der Waals surface area (Å²) in [6.07, 6.45) is 8.48. The summed E-state index contributed by atoms with van der Waals surface area (Å²) in [5.74, 6) is 0.925. The molecule has 1 heterocycles. The molecule has 1 aliphatic heterocycles. The highest BCUT2D eigenvalue weighted by atomic mass is 79.9. The molecule has 1 saturated carbocycles. The standard InChI is InChI=1S/C18H25N.BrH/c1-13-6-7-14-12-17-15-5-3-4-8-18(15,16(14)11-13)9-10-19(17)2;/h6-7,11,15,17H,3-5,8-10,12H2,1-2H3;1H/t15-,17+,18+;/m1./s1. The normalized spacial score (nSPS) is 35.7. The third kappa shape index (κ3) is 1.91. The molecule has 4 rings (SSSR count). The predicted octanol–water partition coefficient (Wildman–Crippen LogP) is 4.26. The summed E-state index contributed by atoms with van der Waals surface area (Å²) in [5, 5.41) is 0. The van der Waals surface area contributed by atoms with Gasteiger partial charge in [-0.05, 0) is 63.2 Å². The maximum Gasteiger partial charge on any atom is 0.0169 e. The van der Waals surface area contributed by atoms with Crippen LogP contribution in [0.4, 0.5) is 0 Å². The van der Waals surface area contributed by atoms with Gasteiger partial charge in [0.05, 0.1) is 0 Å². The lowest BCUT2D eigenvalue weighted by Gasteiger charge is -2.58. The molecule has 3 aliphatic rings. The zero-order valence-corrected chi connectivity index (χ0v) is 14.4. The van der Waals surface area contributed by atoms with Crippen LogP contribution >= 0.6 is 17.0 Å². The Bertz CT molecular complexity index is 512. The molecule has 1 aromatic carbocycles. The number of likely N-dealkylation sites (tertiary alicyclic amines) is 1. The number of fused-ring (bicyclic) bond motifs is 1. The molecular formula is C18H26BrN. The lowest BCUT2D eigenvalue weighted by atomic mass is 9.52. The average Bonchev–Trinajstić information content (AvgIpc) is 2.43. The van der Waals surface area contributed by atoms with Crippen LogP contribution < -0.4 is 0 Å². The van der Waals surface area contributed by atoms with Crippen molar-refractivity contribution in [2.45, 2.75) is 56.9 Å². The van der Waals surface area contributed by atoms with Crippen LogP contribution in [0.2, 0.25) is 0 Å². The second kappa shape index (κ2) is 5.14. The summed E-state index contributed by atoms with van der Waals surface area (Å²) in [6.45, 7) is 3.56. The van der Waals surface area contributed by atoms with Crippen molar-refractivity contribution < 1.29 is 0 Å². The zero-order chi connectivity index (χ0) is 13.0. The Morgan fingerprint density at radius 2 is 2.05 bits per heavy atom. The van der Waals surface area contributed by atoms with Crippen molar-refractivity contribution in [3.8, 4) is 0 Å². The first-order chi connectivity index (χ1) is 9.21. The van der Waals surface area contributed by atoms with Crippen LogP contribution in [0.3, 0.4) is 0 Å². The first kappa shape index (κ1) is 14.6. The molecule has 2 fully saturated rings. The lowest BCUT2D eigenvalue weighted by molar-refractivity contribution is 0.00283. The molecule has 0 N–H and O–H groups in total. The minimum absolute atomic E-state index is 0. The van der Waals surface area contributed by atoms with Gasteiger partial charge in [-0.3, -0.25) is 0 Å². The van der Waals surface area contributed by atoms with Gasteiger partial charge in [0.1, 0.15) is 0 Å². The van der Waals surface area contributed by atoms with Gasteiger partial charge in [0.2, 0.25) is 0 Å². The molecule has 0 spiro atoms. The number of rotatable bonds is 0. The van der Waals surface area contributed by atoms with Crippen molar-refractivity contribution in [1.29, 1.82) is 0 Å². The summed E-state index contributed by atoms with van der Waals surface area (Å²) in [4.78, 5) is 2.65. The van der Waals surface area contributed by atoms with E-state index in [0.717, 1.165) is 12.0 Å². The van der Waals surface area contributed by atoms with Gasteiger partial charge in [-0.2, -0.15) is 0 Å². The number of halogens is 1. The Kier molecular flexibility index (Phi) is 3.75. The van der Waals surface area contributed by atoms with E-state index in [2.05, 4.69) is 37.1 Å². The van der Waals surface area contributed by atoms with Gasteiger partial charge in [-0.1, -0.05) is 36.6 Å². The van der Waals surface area contributed by atoms with E-state index >= 15 is 0 Å². The summed E-state index contributed by atoms with van der Waals surface area (Å²) in [6, 6.07) is 8.07. The molecule has 110 valence electrons. The van der Waals surface area contributed by atoms with E-state index in [9.17, 15) is 0 Å². The first-order valence-electron chi connectivity index (χ1n) is 8.01. The van der Waals surface area contributed by atoms with Gasteiger partial charge in [-0.25, -0.2) is 0 Å². The molecule has 1 aromatic rings. The topological polar surface area (TPSA) is 3.24 Å². The van der Waals surface area contributed by atoms with Gasteiger partial charge >= 0.3 is 0 Å². The Morgan fingerprint density at radius 3 is 2.90 bits per heavy atom. The molecule has 0 amide bonds. The molecule has 20 heavy (non-hydrogen) atoms. The van der Waals surface area contributed by atoms with Gasteiger partial charge < -0.3 is 4.90 Å². The van der Waals surface area contributed by atoms with Crippen LogP contribution in [0.5, 0.6) is 0 Å². The molecule has 2 bridgehead atoms. The van der Waals surface area contributed by atoms with Crippen LogP contribution in [0.1, 0.15) is 48.8 Å². The third-order valence-electron chi connectivity index (χ3n) is 6.27. The third-order valence-corrected chi connectivity index (χ3v) is 6.27. The average molecular weight is 336 g/mol. The molecule has 0 unspecified atom stereocenters. The van der Waals surface area contributed by atoms with Crippen molar-refractivity contribution in [2.75, 3.05) is 13.6 Å². The van der Waals surface area contributed by atoms with Crippen molar-refractivity contribution in [3.05, 3.63) is 34.9 Å². The van der Waals surface area contributed by atoms with E-state index in [1.54, 1.807) is 11.1 Å². The number of aryl methyl sites for hydroxylation is 1. The SMILES string of the molecule is Br.Cc1ccc2c(c1)[C@]13CCCC[C@@H]1[C@H](C2)N(C)CC3. The first-order valence-corrected chi connectivity index (χ1v) is 8.01. The molecule has 0 aromatic heterocycles. The van der Waals surface area contributed by atoms with E-state index < -0.39 is 0 Å². The summed E-state index contributed by atoms with van der Waals surface area (Å²) >= 11 is 0. The fraction of sp³-hybridized carbons (Fsp3) is 0.667. The van der Waals surface area contributed by atoms with E-state index in [1.807, 2.05) is 0 Å². The van der Waals surface area contributed by atoms with Gasteiger partial charge in [0, 0.05) is 11.5 Å². The number of piperidine rings is 1. The van der Waals surface area contributed by atoms with Gasteiger partial charge in [-0.15, -0.1) is 17.0 Å². The van der Waals surface area contributed by atoms with Crippen LogP contribution in [0, 0.1) is 12.8 Å². The van der Waals surface area contributed by atoms with E-state index in [0.29, 0.717) is 5.41 Å². The minimum atomic E-state index is 0. The molecular weight excluding hydrogens is 310 g/mol. The highest BCUT2D eigenvalue weighted by molar-refractivity contribution is 8.93. The van der Waals surface area contributed by atoms with E-state index in [1.165, 1.54) is 50.6 Å².